The van der Waals surface area contributed by atoms with Crippen LogP contribution in [0.25, 0.3) is 10.1 Å². The van der Waals surface area contributed by atoms with Gasteiger partial charge in [0.15, 0.2) is 5.75 Å². The standard InChI is InChI=1S/C19H17FO5S/c1-2-22-19(21)25-18-17(15-5-3-4-6-16(15)26-18)24-12-11-23-14-9-7-13(20)8-10-14/h3-10H,2,11-12H2,1H3. The summed E-state index contributed by atoms with van der Waals surface area (Å²) in [6.07, 6.45) is -0.772. The fraction of sp³-hybridized carbons (Fsp3) is 0.211. The van der Waals surface area contributed by atoms with Crippen molar-refractivity contribution in [2.45, 2.75) is 6.92 Å². The topological polar surface area (TPSA) is 54.0 Å². The molecule has 7 heteroatoms. The zero-order chi connectivity index (χ0) is 18.4. The third kappa shape index (κ3) is 4.43. The first kappa shape index (κ1) is 18.0. The Morgan fingerprint density at radius 1 is 1.04 bits per heavy atom. The summed E-state index contributed by atoms with van der Waals surface area (Å²) >= 11 is 1.30. The van der Waals surface area contributed by atoms with Gasteiger partial charge in [-0.25, -0.2) is 9.18 Å². The molecule has 1 aromatic heterocycles. The second-order valence-electron chi connectivity index (χ2n) is 5.15. The number of ether oxygens (including phenoxy) is 4. The van der Waals surface area contributed by atoms with Gasteiger partial charge in [0.2, 0.25) is 5.06 Å². The van der Waals surface area contributed by atoms with E-state index in [-0.39, 0.29) is 25.6 Å². The number of hydrogen-bond acceptors (Lipinski definition) is 6. The fourth-order valence-electron chi connectivity index (χ4n) is 2.26. The number of benzene rings is 2. The molecule has 0 N–H and O–H groups in total. The van der Waals surface area contributed by atoms with Crippen LogP contribution >= 0.6 is 11.3 Å². The van der Waals surface area contributed by atoms with Crippen molar-refractivity contribution in [3.05, 3.63) is 54.3 Å². The van der Waals surface area contributed by atoms with Crippen molar-refractivity contribution >= 4 is 27.6 Å². The highest BCUT2D eigenvalue weighted by Crippen LogP contribution is 2.44. The predicted octanol–water partition coefficient (Wildman–Crippen LogP) is 5.03. The molecule has 3 rings (SSSR count). The number of rotatable bonds is 7. The van der Waals surface area contributed by atoms with Gasteiger partial charge in [0, 0.05) is 10.1 Å². The summed E-state index contributed by atoms with van der Waals surface area (Å²) in [6, 6.07) is 13.3. The lowest BCUT2D eigenvalue weighted by Crippen LogP contribution is -2.12. The van der Waals surface area contributed by atoms with Crippen LogP contribution in [0.1, 0.15) is 6.92 Å². The van der Waals surface area contributed by atoms with Gasteiger partial charge in [0.25, 0.3) is 0 Å². The van der Waals surface area contributed by atoms with Crippen LogP contribution in [0.5, 0.6) is 16.6 Å². The Morgan fingerprint density at radius 2 is 1.77 bits per heavy atom. The van der Waals surface area contributed by atoms with Crippen LogP contribution in [-0.2, 0) is 4.74 Å². The minimum Gasteiger partial charge on any atom is -0.490 e. The van der Waals surface area contributed by atoms with Gasteiger partial charge in [-0.3, -0.25) is 0 Å². The molecule has 0 saturated heterocycles. The van der Waals surface area contributed by atoms with E-state index in [0.717, 1.165) is 10.1 Å². The molecule has 1 heterocycles. The third-order valence-corrected chi connectivity index (χ3v) is 4.40. The maximum Gasteiger partial charge on any atom is 0.514 e. The van der Waals surface area contributed by atoms with Gasteiger partial charge in [0.05, 0.1) is 6.61 Å². The van der Waals surface area contributed by atoms with Crippen LogP contribution in [0.15, 0.2) is 48.5 Å². The third-order valence-electron chi connectivity index (χ3n) is 3.37. The molecule has 0 saturated carbocycles. The Kier molecular flexibility index (Phi) is 5.91. The number of carbonyl (C=O) groups excluding carboxylic acids is 1. The molecule has 0 fully saturated rings. The van der Waals surface area contributed by atoms with Crippen LogP contribution in [0.3, 0.4) is 0 Å². The quantitative estimate of drug-likeness (QED) is 0.427. The maximum absolute atomic E-state index is 12.9. The van der Waals surface area contributed by atoms with Gasteiger partial charge < -0.3 is 18.9 Å². The first-order chi connectivity index (χ1) is 12.7. The first-order valence-corrected chi connectivity index (χ1v) is 8.86. The SMILES string of the molecule is CCOC(=O)Oc1sc2ccccc2c1OCCOc1ccc(F)cc1. The lowest BCUT2D eigenvalue weighted by molar-refractivity contribution is 0.104. The number of halogens is 1. The van der Waals surface area contributed by atoms with Gasteiger partial charge in [-0.1, -0.05) is 23.5 Å². The highest BCUT2D eigenvalue weighted by molar-refractivity contribution is 7.21. The molecule has 0 aliphatic rings. The van der Waals surface area contributed by atoms with Crippen molar-refractivity contribution in [1.82, 2.24) is 0 Å². The predicted molar refractivity (Wildman–Crippen MR) is 96.9 cm³/mol. The summed E-state index contributed by atoms with van der Waals surface area (Å²) in [5.41, 5.74) is 0. The number of fused-ring (bicyclic) bond motifs is 1. The molecule has 0 atom stereocenters. The summed E-state index contributed by atoms with van der Waals surface area (Å²) in [4.78, 5) is 11.6. The number of hydrogen-bond donors (Lipinski definition) is 0. The highest BCUT2D eigenvalue weighted by atomic mass is 32.1. The molecule has 2 aromatic carbocycles. The van der Waals surface area contributed by atoms with E-state index < -0.39 is 6.16 Å². The lowest BCUT2D eigenvalue weighted by Gasteiger charge is -2.09. The normalized spacial score (nSPS) is 10.5. The second kappa shape index (κ2) is 8.53. The van der Waals surface area contributed by atoms with E-state index in [1.165, 1.54) is 23.5 Å². The Bertz CT molecular complexity index is 875. The molecule has 0 spiro atoms. The molecule has 26 heavy (non-hydrogen) atoms. The van der Waals surface area contributed by atoms with Crippen LogP contribution < -0.4 is 14.2 Å². The molecule has 0 radical (unpaired) electrons. The summed E-state index contributed by atoms with van der Waals surface area (Å²) in [5.74, 6) is 0.702. The first-order valence-electron chi connectivity index (χ1n) is 8.04. The summed E-state index contributed by atoms with van der Waals surface area (Å²) in [7, 11) is 0. The minimum atomic E-state index is -0.772. The average Bonchev–Trinajstić information content (AvgIpc) is 2.97. The van der Waals surface area contributed by atoms with E-state index in [0.29, 0.717) is 16.6 Å². The lowest BCUT2D eigenvalue weighted by atomic mass is 10.2. The summed E-state index contributed by atoms with van der Waals surface area (Å²) in [6.45, 7) is 2.42. The Hall–Kier alpha value is -2.80. The van der Waals surface area contributed by atoms with Crippen molar-refractivity contribution in [3.8, 4) is 16.6 Å². The monoisotopic (exact) mass is 376 g/mol. The van der Waals surface area contributed by atoms with Crippen molar-refractivity contribution in [1.29, 1.82) is 0 Å². The van der Waals surface area contributed by atoms with Crippen molar-refractivity contribution < 1.29 is 28.1 Å². The molecular formula is C19H17FO5S. The van der Waals surface area contributed by atoms with Crippen LogP contribution in [0, 0.1) is 5.82 Å². The Morgan fingerprint density at radius 3 is 2.54 bits per heavy atom. The Labute approximate surface area is 153 Å². The molecule has 0 amide bonds. The number of carbonyl (C=O) groups is 1. The summed E-state index contributed by atoms with van der Waals surface area (Å²) in [5, 5.41) is 1.19. The van der Waals surface area contributed by atoms with Crippen molar-refractivity contribution in [2.24, 2.45) is 0 Å². The van der Waals surface area contributed by atoms with E-state index in [1.807, 2.05) is 24.3 Å². The summed E-state index contributed by atoms with van der Waals surface area (Å²) < 4.78 is 35.2. The second-order valence-corrected chi connectivity index (χ2v) is 6.17. The highest BCUT2D eigenvalue weighted by Gasteiger charge is 2.18. The van der Waals surface area contributed by atoms with Crippen molar-refractivity contribution in [3.63, 3.8) is 0 Å². The van der Waals surface area contributed by atoms with Crippen LogP contribution in [0.4, 0.5) is 9.18 Å². The molecule has 3 aromatic rings. The molecule has 5 nitrogen and oxygen atoms in total. The largest absolute Gasteiger partial charge is 0.514 e. The fourth-order valence-corrected chi connectivity index (χ4v) is 3.25. The van der Waals surface area contributed by atoms with E-state index in [9.17, 15) is 9.18 Å². The zero-order valence-corrected chi connectivity index (χ0v) is 14.9. The van der Waals surface area contributed by atoms with Gasteiger partial charge in [-0.05, 0) is 43.3 Å². The van der Waals surface area contributed by atoms with E-state index in [4.69, 9.17) is 18.9 Å². The molecule has 0 aliphatic carbocycles. The average molecular weight is 376 g/mol. The molecule has 136 valence electrons. The van der Waals surface area contributed by atoms with Gasteiger partial charge >= 0.3 is 6.16 Å². The Balaban J connectivity index is 1.67. The van der Waals surface area contributed by atoms with Gasteiger partial charge in [-0.15, -0.1) is 0 Å². The smallest absolute Gasteiger partial charge is 0.490 e. The van der Waals surface area contributed by atoms with Crippen molar-refractivity contribution in [2.75, 3.05) is 19.8 Å². The maximum atomic E-state index is 12.9. The van der Waals surface area contributed by atoms with Crippen LogP contribution in [-0.4, -0.2) is 26.0 Å². The van der Waals surface area contributed by atoms with Gasteiger partial charge in [-0.2, -0.15) is 0 Å². The van der Waals surface area contributed by atoms with Gasteiger partial charge in [0.1, 0.15) is 24.8 Å². The molecule has 0 unspecified atom stereocenters. The number of thiophene rings is 1. The molecule has 0 bridgehead atoms. The zero-order valence-electron chi connectivity index (χ0n) is 14.1. The van der Waals surface area contributed by atoms with Crippen LogP contribution in [0.2, 0.25) is 0 Å². The minimum absolute atomic E-state index is 0.228. The molecular weight excluding hydrogens is 359 g/mol. The molecule has 0 aliphatic heterocycles. The van der Waals surface area contributed by atoms with E-state index >= 15 is 0 Å². The van der Waals surface area contributed by atoms with E-state index in [1.54, 1.807) is 19.1 Å². The van der Waals surface area contributed by atoms with E-state index in [2.05, 4.69) is 0 Å².